The first-order chi connectivity index (χ1) is 7.12. The third-order valence-corrected chi connectivity index (χ3v) is 3.52. The van der Waals surface area contributed by atoms with Crippen molar-refractivity contribution in [3.8, 4) is 0 Å². The summed E-state index contributed by atoms with van der Waals surface area (Å²) in [6.45, 7) is 13.6. The molecule has 1 fully saturated rings. The van der Waals surface area contributed by atoms with Crippen molar-refractivity contribution in [2.45, 2.75) is 40.5 Å². The second-order valence-electron chi connectivity index (χ2n) is 4.67. The molecule has 0 aromatic carbocycles. The highest BCUT2D eigenvalue weighted by Crippen LogP contribution is 2.36. The maximum Gasteiger partial charge on any atom is 0.00478 e. The molecule has 0 amide bonds. The fourth-order valence-electron chi connectivity index (χ4n) is 2.24. The largest absolute Gasteiger partial charge is 0.307 e. The Bertz CT molecular complexity index is 151. The molecule has 1 rings (SSSR count). The molecular formula is C13H30N2. The first kappa shape index (κ1) is 14.9. The normalized spacial score (nSPS) is 19.4. The summed E-state index contributed by atoms with van der Waals surface area (Å²) in [5.74, 6) is 0. The molecule has 1 saturated heterocycles. The zero-order valence-electron chi connectivity index (χ0n) is 11.6. The van der Waals surface area contributed by atoms with Gasteiger partial charge in [0, 0.05) is 13.1 Å². The molecule has 2 heteroatoms. The monoisotopic (exact) mass is 214 g/mol. The van der Waals surface area contributed by atoms with E-state index in [4.69, 9.17) is 0 Å². The van der Waals surface area contributed by atoms with E-state index in [2.05, 4.69) is 37.7 Å². The maximum atomic E-state index is 2.43. The Hall–Kier alpha value is -0.0800. The van der Waals surface area contributed by atoms with E-state index in [-0.39, 0.29) is 0 Å². The molecule has 0 saturated carbocycles. The summed E-state index contributed by atoms with van der Waals surface area (Å²) in [5, 5.41) is 0. The SMILES string of the molecule is CC.CCN(C)CCC1(CC)CN(C)C1. The number of hydrogen-bond donors (Lipinski definition) is 0. The van der Waals surface area contributed by atoms with Crippen LogP contribution < -0.4 is 0 Å². The summed E-state index contributed by atoms with van der Waals surface area (Å²) in [5.41, 5.74) is 0.651. The zero-order valence-corrected chi connectivity index (χ0v) is 11.6. The summed E-state index contributed by atoms with van der Waals surface area (Å²) in [6.07, 6.45) is 2.72. The summed E-state index contributed by atoms with van der Waals surface area (Å²) < 4.78 is 0. The first-order valence-electron chi connectivity index (χ1n) is 6.49. The molecule has 0 spiro atoms. The van der Waals surface area contributed by atoms with Gasteiger partial charge < -0.3 is 9.80 Å². The van der Waals surface area contributed by atoms with Crippen molar-refractivity contribution in [1.29, 1.82) is 0 Å². The van der Waals surface area contributed by atoms with Crippen LogP contribution >= 0.6 is 0 Å². The Kier molecular flexibility index (Phi) is 7.20. The molecule has 15 heavy (non-hydrogen) atoms. The van der Waals surface area contributed by atoms with E-state index in [0.29, 0.717) is 5.41 Å². The number of rotatable bonds is 5. The topological polar surface area (TPSA) is 6.48 Å². The molecule has 0 aromatic heterocycles. The molecule has 0 radical (unpaired) electrons. The van der Waals surface area contributed by atoms with Crippen LogP contribution in [-0.2, 0) is 0 Å². The van der Waals surface area contributed by atoms with Gasteiger partial charge >= 0.3 is 0 Å². The minimum atomic E-state index is 0.651. The number of hydrogen-bond acceptors (Lipinski definition) is 2. The highest BCUT2D eigenvalue weighted by Gasteiger charge is 2.38. The standard InChI is InChI=1S/C11H24N2.C2H6/c1-5-11(9-13(4)10-11)7-8-12(3)6-2;1-2/h5-10H2,1-4H3;1-2H3. The Morgan fingerprint density at radius 2 is 1.73 bits per heavy atom. The van der Waals surface area contributed by atoms with Crippen LogP contribution in [0.1, 0.15) is 40.5 Å². The third kappa shape index (κ3) is 4.52. The first-order valence-corrected chi connectivity index (χ1v) is 6.49. The lowest BCUT2D eigenvalue weighted by atomic mass is 9.75. The zero-order chi connectivity index (χ0) is 11.9. The minimum absolute atomic E-state index is 0.651. The van der Waals surface area contributed by atoms with Crippen molar-refractivity contribution in [3.63, 3.8) is 0 Å². The number of likely N-dealkylation sites (tertiary alicyclic amines) is 1. The Labute approximate surface area is 96.6 Å². The highest BCUT2D eigenvalue weighted by atomic mass is 15.2. The molecule has 0 unspecified atom stereocenters. The number of nitrogens with zero attached hydrogens (tertiary/aromatic N) is 2. The van der Waals surface area contributed by atoms with E-state index >= 15 is 0 Å². The van der Waals surface area contributed by atoms with Gasteiger partial charge in [0.1, 0.15) is 0 Å². The van der Waals surface area contributed by atoms with Crippen molar-refractivity contribution in [3.05, 3.63) is 0 Å². The Morgan fingerprint density at radius 3 is 2.07 bits per heavy atom. The highest BCUT2D eigenvalue weighted by molar-refractivity contribution is 4.92. The van der Waals surface area contributed by atoms with Gasteiger partial charge in [0.15, 0.2) is 0 Å². The van der Waals surface area contributed by atoms with Crippen LogP contribution in [0.3, 0.4) is 0 Å². The molecule has 1 aliphatic heterocycles. The molecule has 92 valence electrons. The molecule has 0 aliphatic carbocycles. The van der Waals surface area contributed by atoms with E-state index in [1.54, 1.807) is 0 Å². The van der Waals surface area contributed by atoms with Crippen LogP contribution in [0, 0.1) is 5.41 Å². The molecule has 1 aliphatic rings. The molecule has 0 bridgehead atoms. The molecule has 0 N–H and O–H groups in total. The van der Waals surface area contributed by atoms with Gasteiger partial charge in [-0.3, -0.25) is 0 Å². The molecule has 1 heterocycles. The molecular weight excluding hydrogens is 184 g/mol. The average molecular weight is 214 g/mol. The van der Waals surface area contributed by atoms with E-state index < -0.39 is 0 Å². The van der Waals surface area contributed by atoms with Gasteiger partial charge in [0.2, 0.25) is 0 Å². The van der Waals surface area contributed by atoms with E-state index in [1.807, 2.05) is 13.8 Å². The maximum absolute atomic E-state index is 2.43. The van der Waals surface area contributed by atoms with E-state index in [1.165, 1.54) is 39.0 Å². The predicted molar refractivity (Wildman–Crippen MR) is 69.4 cm³/mol. The van der Waals surface area contributed by atoms with Crippen LogP contribution in [0.4, 0.5) is 0 Å². The fraction of sp³-hybridized carbons (Fsp3) is 1.00. The Morgan fingerprint density at radius 1 is 1.20 bits per heavy atom. The van der Waals surface area contributed by atoms with Gasteiger partial charge in [0.05, 0.1) is 0 Å². The lowest BCUT2D eigenvalue weighted by molar-refractivity contribution is 0.00494. The summed E-state index contributed by atoms with van der Waals surface area (Å²) in [6, 6.07) is 0. The van der Waals surface area contributed by atoms with Crippen LogP contribution in [0.5, 0.6) is 0 Å². The molecule has 0 atom stereocenters. The third-order valence-electron chi connectivity index (χ3n) is 3.52. The summed E-state index contributed by atoms with van der Waals surface area (Å²) >= 11 is 0. The van der Waals surface area contributed by atoms with Crippen LogP contribution in [-0.4, -0.2) is 50.1 Å². The van der Waals surface area contributed by atoms with Gasteiger partial charge in [-0.15, -0.1) is 0 Å². The Balaban J connectivity index is 0.000000921. The summed E-state index contributed by atoms with van der Waals surface area (Å²) in [4.78, 5) is 4.84. The second-order valence-corrected chi connectivity index (χ2v) is 4.67. The van der Waals surface area contributed by atoms with Crippen molar-refractivity contribution in [1.82, 2.24) is 9.80 Å². The van der Waals surface area contributed by atoms with Crippen LogP contribution in [0.25, 0.3) is 0 Å². The van der Waals surface area contributed by atoms with Gasteiger partial charge in [-0.2, -0.15) is 0 Å². The smallest absolute Gasteiger partial charge is 0.00478 e. The van der Waals surface area contributed by atoms with E-state index in [0.717, 1.165) is 0 Å². The van der Waals surface area contributed by atoms with E-state index in [9.17, 15) is 0 Å². The van der Waals surface area contributed by atoms with Crippen molar-refractivity contribution >= 4 is 0 Å². The fourth-order valence-corrected chi connectivity index (χ4v) is 2.24. The van der Waals surface area contributed by atoms with Gasteiger partial charge in [-0.05, 0) is 45.4 Å². The lowest BCUT2D eigenvalue weighted by Crippen LogP contribution is -2.54. The lowest BCUT2D eigenvalue weighted by Gasteiger charge is -2.49. The summed E-state index contributed by atoms with van der Waals surface area (Å²) in [7, 11) is 4.43. The molecule has 2 nitrogen and oxygen atoms in total. The minimum Gasteiger partial charge on any atom is -0.307 e. The van der Waals surface area contributed by atoms with Crippen LogP contribution in [0.15, 0.2) is 0 Å². The molecule has 0 aromatic rings. The van der Waals surface area contributed by atoms with Crippen molar-refractivity contribution in [2.24, 2.45) is 5.41 Å². The van der Waals surface area contributed by atoms with Gasteiger partial charge in [-0.25, -0.2) is 0 Å². The van der Waals surface area contributed by atoms with Crippen molar-refractivity contribution in [2.75, 3.05) is 40.3 Å². The van der Waals surface area contributed by atoms with Gasteiger partial charge in [-0.1, -0.05) is 27.7 Å². The van der Waals surface area contributed by atoms with Crippen LogP contribution in [0.2, 0.25) is 0 Å². The predicted octanol–water partition coefficient (Wildman–Crippen LogP) is 2.70. The quantitative estimate of drug-likeness (QED) is 0.694. The van der Waals surface area contributed by atoms with Crippen molar-refractivity contribution < 1.29 is 0 Å². The van der Waals surface area contributed by atoms with Gasteiger partial charge in [0.25, 0.3) is 0 Å². The second kappa shape index (κ2) is 7.24. The average Bonchev–Trinajstić information content (AvgIpc) is 2.25.